The number of amides is 2. The minimum Gasteiger partial charge on any atom is -0.334 e. The molecule has 0 aliphatic rings. The van der Waals surface area contributed by atoms with Crippen LogP contribution in [0.5, 0.6) is 0 Å². The van der Waals surface area contributed by atoms with E-state index in [-0.39, 0.29) is 16.7 Å². The van der Waals surface area contributed by atoms with Crippen molar-refractivity contribution in [2.24, 2.45) is 0 Å². The van der Waals surface area contributed by atoms with Gasteiger partial charge in [0, 0.05) is 19.6 Å². The third-order valence-electron chi connectivity index (χ3n) is 3.07. The minimum absolute atomic E-state index is 0.136. The number of likely N-dealkylation sites (N-methyl/N-ethyl adjacent to an activating group) is 1. The summed E-state index contributed by atoms with van der Waals surface area (Å²) in [4.78, 5) is 13.7. The summed E-state index contributed by atoms with van der Waals surface area (Å²) >= 11 is 0. The van der Waals surface area contributed by atoms with Crippen molar-refractivity contribution in [3.8, 4) is 0 Å². The lowest BCUT2D eigenvalue weighted by Gasteiger charge is -2.21. The van der Waals surface area contributed by atoms with Crippen molar-refractivity contribution < 1.29 is 13.2 Å². The van der Waals surface area contributed by atoms with Gasteiger partial charge in [-0.2, -0.15) is 0 Å². The van der Waals surface area contributed by atoms with Gasteiger partial charge in [-0.25, -0.2) is 13.2 Å². The zero-order valence-electron chi connectivity index (χ0n) is 13.6. The second-order valence-corrected chi connectivity index (χ2v) is 7.79. The van der Waals surface area contributed by atoms with Gasteiger partial charge in [0.05, 0.1) is 10.6 Å². The van der Waals surface area contributed by atoms with E-state index >= 15 is 0 Å². The van der Waals surface area contributed by atoms with Crippen molar-refractivity contribution in [1.29, 1.82) is 0 Å². The molecule has 0 aliphatic carbocycles. The van der Waals surface area contributed by atoms with Crippen LogP contribution in [0.25, 0.3) is 0 Å². The number of aryl methyl sites for hydroxylation is 1. The number of carbonyl (C=O) groups excluding carboxylic acids is 1. The molecule has 0 fully saturated rings. The fraction of sp³-hybridized carbons (Fsp3) is 0.438. The lowest BCUT2D eigenvalue weighted by Crippen LogP contribution is -2.44. The van der Waals surface area contributed by atoms with Crippen molar-refractivity contribution in [3.63, 3.8) is 0 Å². The number of hydrogen-bond acceptors (Lipinski definition) is 3. The molecule has 0 spiro atoms. The van der Waals surface area contributed by atoms with Crippen LogP contribution >= 0.6 is 0 Å². The fourth-order valence-electron chi connectivity index (χ4n) is 2.01. The van der Waals surface area contributed by atoms with Crippen molar-refractivity contribution in [2.75, 3.05) is 19.3 Å². The Morgan fingerprint density at radius 3 is 2.36 bits per heavy atom. The Morgan fingerprint density at radius 2 is 1.86 bits per heavy atom. The van der Waals surface area contributed by atoms with E-state index in [2.05, 4.69) is 11.9 Å². The molecule has 0 bridgehead atoms. The summed E-state index contributed by atoms with van der Waals surface area (Å²) < 4.78 is 24.6. The van der Waals surface area contributed by atoms with Gasteiger partial charge in [-0.3, -0.25) is 0 Å². The summed E-state index contributed by atoms with van der Waals surface area (Å²) in [5, 5.41) is 2.69. The number of carbonyl (C=O) groups is 1. The molecule has 0 heterocycles. The third-order valence-corrected chi connectivity index (χ3v) is 5.00. The standard InChI is InChI=1S/C16H24N2O3S/c1-12(2)10-18(5)16(19)17-14(4)11-22(20,21)15-8-6-13(3)7-9-15/h6-9,14H,1,10-11H2,2-5H3,(H,17,19)/t14-/m0/s1. The van der Waals surface area contributed by atoms with Gasteiger partial charge < -0.3 is 10.2 Å². The molecule has 0 unspecified atom stereocenters. The third kappa shape index (κ3) is 5.52. The van der Waals surface area contributed by atoms with Crippen LogP contribution in [0.2, 0.25) is 0 Å². The van der Waals surface area contributed by atoms with E-state index in [0.29, 0.717) is 6.54 Å². The zero-order valence-corrected chi connectivity index (χ0v) is 14.4. The van der Waals surface area contributed by atoms with Crippen molar-refractivity contribution >= 4 is 15.9 Å². The highest BCUT2D eigenvalue weighted by Gasteiger charge is 2.20. The molecule has 0 saturated heterocycles. The highest BCUT2D eigenvalue weighted by atomic mass is 32.2. The van der Waals surface area contributed by atoms with Crippen LogP contribution in [0.15, 0.2) is 41.3 Å². The van der Waals surface area contributed by atoms with E-state index in [4.69, 9.17) is 0 Å². The van der Waals surface area contributed by atoms with E-state index < -0.39 is 15.9 Å². The number of benzene rings is 1. The van der Waals surface area contributed by atoms with Gasteiger partial charge in [0.15, 0.2) is 9.84 Å². The molecule has 0 aromatic heterocycles. The van der Waals surface area contributed by atoms with Gasteiger partial charge in [0.25, 0.3) is 0 Å². The number of sulfone groups is 1. The first kappa shape index (κ1) is 18.2. The predicted octanol–water partition coefficient (Wildman–Crippen LogP) is 2.37. The predicted molar refractivity (Wildman–Crippen MR) is 88.7 cm³/mol. The van der Waals surface area contributed by atoms with Crippen LogP contribution in [0.3, 0.4) is 0 Å². The van der Waals surface area contributed by atoms with Crippen LogP contribution in [-0.2, 0) is 9.84 Å². The minimum atomic E-state index is -3.42. The number of nitrogens with one attached hydrogen (secondary N) is 1. The number of rotatable bonds is 6. The molecule has 1 N–H and O–H groups in total. The van der Waals surface area contributed by atoms with Gasteiger partial charge in [0.1, 0.15) is 0 Å². The summed E-state index contributed by atoms with van der Waals surface area (Å²) in [5.41, 5.74) is 1.86. The van der Waals surface area contributed by atoms with Crippen molar-refractivity contribution in [1.82, 2.24) is 10.2 Å². The molecule has 22 heavy (non-hydrogen) atoms. The summed E-state index contributed by atoms with van der Waals surface area (Å²) in [6.07, 6.45) is 0. The quantitative estimate of drug-likeness (QED) is 0.817. The first-order valence-electron chi connectivity index (χ1n) is 7.07. The smallest absolute Gasteiger partial charge is 0.317 e. The maximum atomic E-state index is 12.3. The molecule has 6 heteroatoms. The van der Waals surface area contributed by atoms with Crippen LogP contribution in [-0.4, -0.2) is 44.7 Å². The fourth-order valence-corrected chi connectivity index (χ4v) is 3.50. The highest BCUT2D eigenvalue weighted by molar-refractivity contribution is 7.91. The van der Waals surface area contributed by atoms with Crippen LogP contribution in [0.1, 0.15) is 19.4 Å². The van der Waals surface area contributed by atoms with Crippen LogP contribution in [0.4, 0.5) is 4.79 Å². The SMILES string of the molecule is C=C(C)CN(C)C(=O)N[C@@H](C)CS(=O)(=O)c1ccc(C)cc1. The van der Waals surface area contributed by atoms with Gasteiger partial charge in [0.2, 0.25) is 0 Å². The largest absolute Gasteiger partial charge is 0.334 e. The molecule has 5 nitrogen and oxygen atoms in total. The Balaban J connectivity index is 2.67. The number of nitrogens with zero attached hydrogens (tertiary/aromatic N) is 1. The Bertz CT molecular complexity index is 636. The lowest BCUT2D eigenvalue weighted by molar-refractivity contribution is 0.210. The molecule has 1 aromatic carbocycles. The maximum Gasteiger partial charge on any atom is 0.317 e. The molecule has 0 aliphatic heterocycles. The van der Waals surface area contributed by atoms with Crippen LogP contribution < -0.4 is 5.32 Å². The molecule has 122 valence electrons. The van der Waals surface area contributed by atoms with E-state index in [0.717, 1.165) is 11.1 Å². The molecule has 2 amide bonds. The summed E-state index contributed by atoms with van der Waals surface area (Å²) in [6.45, 7) is 9.59. The van der Waals surface area contributed by atoms with Gasteiger partial charge in [-0.15, -0.1) is 0 Å². The molecular weight excluding hydrogens is 300 g/mol. The molecule has 0 radical (unpaired) electrons. The molecular formula is C16H24N2O3S. The summed E-state index contributed by atoms with van der Waals surface area (Å²) in [5.74, 6) is -0.136. The molecule has 0 saturated carbocycles. The van der Waals surface area contributed by atoms with E-state index in [1.807, 2.05) is 13.8 Å². The molecule has 1 atom stereocenters. The average molecular weight is 324 g/mol. The second-order valence-electron chi connectivity index (χ2n) is 5.76. The summed E-state index contributed by atoms with van der Waals surface area (Å²) in [7, 11) is -1.78. The first-order chi connectivity index (χ1) is 10.1. The second kappa shape index (κ2) is 7.45. The number of hydrogen-bond donors (Lipinski definition) is 1. The maximum absolute atomic E-state index is 12.3. The zero-order chi connectivity index (χ0) is 16.9. The van der Waals surface area contributed by atoms with Crippen molar-refractivity contribution in [2.45, 2.75) is 31.7 Å². The average Bonchev–Trinajstić information content (AvgIpc) is 2.37. The van der Waals surface area contributed by atoms with Crippen molar-refractivity contribution in [3.05, 3.63) is 42.0 Å². The van der Waals surface area contributed by atoms with E-state index in [1.165, 1.54) is 4.90 Å². The monoisotopic (exact) mass is 324 g/mol. The normalized spacial score (nSPS) is 12.5. The highest BCUT2D eigenvalue weighted by Crippen LogP contribution is 2.13. The van der Waals surface area contributed by atoms with Gasteiger partial charge >= 0.3 is 6.03 Å². The topological polar surface area (TPSA) is 66.5 Å². The van der Waals surface area contributed by atoms with E-state index in [1.54, 1.807) is 38.2 Å². The Labute approximate surface area is 132 Å². The summed E-state index contributed by atoms with van der Waals surface area (Å²) in [6, 6.07) is 5.91. The van der Waals surface area contributed by atoms with E-state index in [9.17, 15) is 13.2 Å². The Kier molecular flexibility index (Phi) is 6.17. The molecule has 1 aromatic rings. The lowest BCUT2D eigenvalue weighted by atomic mass is 10.2. The number of urea groups is 1. The van der Waals surface area contributed by atoms with Crippen LogP contribution in [0, 0.1) is 6.92 Å². The Hall–Kier alpha value is -1.82. The Morgan fingerprint density at radius 1 is 1.32 bits per heavy atom. The van der Waals surface area contributed by atoms with Gasteiger partial charge in [-0.05, 0) is 32.9 Å². The van der Waals surface area contributed by atoms with Gasteiger partial charge in [-0.1, -0.05) is 29.8 Å². The molecule has 1 rings (SSSR count). The first-order valence-corrected chi connectivity index (χ1v) is 8.72.